The van der Waals surface area contributed by atoms with Crippen LogP contribution in [0.15, 0.2) is 60.8 Å². The first kappa shape index (κ1) is 73.2. The maximum Gasteiger partial charge on any atom is 0.472 e. The van der Waals surface area contributed by atoms with E-state index in [0.29, 0.717) is 19.3 Å². The number of allylic oxidation sites excluding steroid dienone is 10. The van der Waals surface area contributed by atoms with Crippen LogP contribution in [0.25, 0.3) is 0 Å². The molecule has 0 aliphatic carbocycles. The third-order valence-corrected chi connectivity index (χ3v) is 14.4. The van der Waals surface area contributed by atoms with Crippen LogP contribution in [-0.2, 0) is 42.2 Å². The maximum absolute atomic E-state index is 12.9. The normalized spacial score (nSPS) is 13.7. The smallest absolute Gasteiger partial charge is 0.462 e. The Hall–Kier alpha value is -2.82. The molecule has 442 valence electrons. The number of esters is 3. The molecule has 0 bridgehead atoms. The van der Waals surface area contributed by atoms with Gasteiger partial charge in [-0.3, -0.25) is 23.4 Å². The lowest BCUT2D eigenvalue weighted by atomic mass is 10.0. The number of carbonyl (C=O) groups excluding carboxylic acids is 3. The highest BCUT2D eigenvalue weighted by molar-refractivity contribution is 7.47. The number of aliphatic hydroxyl groups is 1. The molecule has 76 heavy (non-hydrogen) atoms. The number of phosphoric ester groups is 1. The fourth-order valence-electron chi connectivity index (χ4n) is 8.70. The quantitative estimate of drug-likeness (QED) is 0.0197. The van der Waals surface area contributed by atoms with Crippen molar-refractivity contribution in [2.45, 2.75) is 303 Å². The first-order chi connectivity index (χ1) is 37.2. The Labute approximate surface area is 465 Å². The Balaban J connectivity index is 4.71. The van der Waals surface area contributed by atoms with Crippen molar-refractivity contribution < 1.29 is 52.2 Å². The number of hydrogen-bond acceptors (Lipinski definition) is 10. The second kappa shape index (κ2) is 58.3. The summed E-state index contributed by atoms with van der Waals surface area (Å²) in [5, 5.41) is 9.84. The topological polar surface area (TPSA) is 155 Å². The zero-order valence-electron chi connectivity index (χ0n) is 49.0. The second-order valence-corrected chi connectivity index (χ2v) is 22.3. The lowest BCUT2D eigenvalue weighted by Crippen LogP contribution is -2.30. The maximum atomic E-state index is 12.9. The van der Waals surface area contributed by atoms with E-state index in [0.717, 1.165) is 89.9 Å². The predicted molar refractivity (Wildman–Crippen MR) is 316 cm³/mol. The minimum atomic E-state index is -4.76. The highest BCUT2D eigenvalue weighted by Crippen LogP contribution is 2.43. The van der Waals surface area contributed by atoms with Crippen molar-refractivity contribution >= 4 is 25.7 Å². The molecule has 3 atom stereocenters. The Kier molecular flexibility index (Phi) is 56.2. The number of ether oxygens (including phenoxy) is 3. The van der Waals surface area contributed by atoms with Crippen molar-refractivity contribution in [2.75, 3.05) is 26.4 Å². The van der Waals surface area contributed by atoms with E-state index in [1.807, 2.05) is 0 Å². The van der Waals surface area contributed by atoms with Crippen LogP contribution in [0.5, 0.6) is 0 Å². The number of phosphoric acid groups is 1. The summed E-state index contributed by atoms with van der Waals surface area (Å²) in [6, 6.07) is 0. The summed E-state index contributed by atoms with van der Waals surface area (Å²) < 4.78 is 39.6. The molecule has 2 N–H and O–H groups in total. The third-order valence-electron chi connectivity index (χ3n) is 13.4. The summed E-state index contributed by atoms with van der Waals surface area (Å²) in [4.78, 5) is 48.6. The van der Waals surface area contributed by atoms with Crippen molar-refractivity contribution in [3.63, 3.8) is 0 Å². The summed E-state index contributed by atoms with van der Waals surface area (Å²) in [7, 11) is -4.76. The van der Waals surface area contributed by atoms with Gasteiger partial charge in [-0.2, -0.15) is 0 Å². The number of hydrogen-bond donors (Lipinski definition) is 2. The molecule has 0 fully saturated rings. The van der Waals surface area contributed by atoms with Crippen LogP contribution < -0.4 is 0 Å². The van der Waals surface area contributed by atoms with Crippen molar-refractivity contribution in [1.82, 2.24) is 0 Å². The van der Waals surface area contributed by atoms with Gasteiger partial charge < -0.3 is 24.2 Å². The van der Waals surface area contributed by atoms with E-state index >= 15 is 0 Å². The van der Waals surface area contributed by atoms with Gasteiger partial charge in [0.2, 0.25) is 0 Å². The molecule has 3 unspecified atom stereocenters. The van der Waals surface area contributed by atoms with Crippen molar-refractivity contribution in [3.8, 4) is 0 Å². The van der Waals surface area contributed by atoms with Gasteiger partial charge >= 0.3 is 25.7 Å². The molecule has 0 aromatic carbocycles. The van der Waals surface area contributed by atoms with Gasteiger partial charge in [0.25, 0.3) is 0 Å². The van der Waals surface area contributed by atoms with Crippen molar-refractivity contribution in [1.29, 1.82) is 0 Å². The monoisotopic (exact) mass is 1090 g/mol. The SMILES string of the molecule is CC/C=C\C/C=C\C/C=C\C/C=C\CCCCC(=O)OCC(COP(=O)(O)OCC(CO)OC(=O)CCCCCCCCCCCCCCCCCCC)OC(=O)CCCCCCCCC/C=C\CCCCCCCC. The van der Waals surface area contributed by atoms with Crippen LogP contribution in [0, 0.1) is 0 Å². The highest BCUT2D eigenvalue weighted by atomic mass is 31.2. The van der Waals surface area contributed by atoms with E-state index in [4.69, 9.17) is 23.3 Å². The van der Waals surface area contributed by atoms with Crippen LogP contribution >= 0.6 is 7.82 Å². The minimum Gasteiger partial charge on any atom is -0.462 e. The van der Waals surface area contributed by atoms with Gasteiger partial charge in [0.1, 0.15) is 12.7 Å². The molecule has 0 spiro atoms. The molecule has 0 aromatic rings. The van der Waals surface area contributed by atoms with Crippen LogP contribution in [0.1, 0.15) is 290 Å². The molecule has 0 amide bonds. The van der Waals surface area contributed by atoms with E-state index in [1.54, 1.807) is 0 Å². The molecule has 0 saturated heterocycles. The summed E-state index contributed by atoms with van der Waals surface area (Å²) in [5.74, 6) is -1.50. The molecule has 0 aliphatic heterocycles. The molecule has 11 nitrogen and oxygen atoms in total. The Bertz CT molecular complexity index is 1510. The van der Waals surface area contributed by atoms with Gasteiger partial charge in [-0.05, 0) is 83.5 Å². The average molecular weight is 1090 g/mol. The van der Waals surface area contributed by atoms with Gasteiger partial charge in [-0.1, -0.05) is 248 Å². The summed E-state index contributed by atoms with van der Waals surface area (Å²) in [6.45, 7) is 4.52. The van der Waals surface area contributed by atoms with E-state index in [2.05, 4.69) is 81.5 Å². The second-order valence-electron chi connectivity index (χ2n) is 20.8. The predicted octanol–water partition coefficient (Wildman–Crippen LogP) is 18.7. The summed E-state index contributed by atoms with van der Waals surface area (Å²) in [5.41, 5.74) is 0. The van der Waals surface area contributed by atoms with Crippen LogP contribution in [0.2, 0.25) is 0 Å². The van der Waals surface area contributed by atoms with Gasteiger partial charge in [0.15, 0.2) is 6.10 Å². The average Bonchev–Trinajstić information content (AvgIpc) is 3.41. The van der Waals surface area contributed by atoms with E-state index in [-0.39, 0.29) is 25.9 Å². The Morgan fingerprint density at radius 1 is 0.382 bits per heavy atom. The van der Waals surface area contributed by atoms with Crippen LogP contribution in [0.3, 0.4) is 0 Å². The zero-order valence-corrected chi connectivity index (χ0v) is 49.9. The Morgan fingerprint density at radius 2 is 0.684 bits per heavy atom. The molecule has 0 saturated carbocycles. The largest absolute Gasteiger partial charge is 0.472 e. The molecule has 12 heteroatoms. The summed E-state index contributed by atoms with van der Waals surface area (Å²) in [6.07, 6.45) is 64.6. The number of aliphatic hydroxyl groups excluding tert-OH is 1. The number of unbranched alkanes of at least 4 members (excludes halogenated alkanes) is 31. The fraction of sp³-hybridized carbons (Fsp3) is 0.797. The number of carbonyl (C=O) groups is 3. The molecular weight excluding hydrogens is 976 g/mol. The van der Waals surface area contributed by atoms with Crippen LogP contribution in [-0.4, -0.2) is 66.5 Å². The van der Waals surface area contributed by atoms with E-state index in [1.165, 1.54) is 141 Å². The zero-order chi connectivity index (χ0) is 55.5. The van der Waals surface area contributed by atoms with Crippen molar-refractivity contribution in [3.05, 3.63) is 60.8 Å². The molecule has 0 aromatic heterocycles. The fourth-order valence-corrected chi connectivity index (χ4v) is 9.48. The van der Waals surface area contributed by atoms with E-state index in [9.17, 15) is 28.9 Å². The van der Waals surface area contributed by atoms with Gasteiger partial charge in [0, 0.05) is 19.3 Å². The van der Waals surface area contributed by atoms with Gasteiger partial charge in [-0.25, -0.2) is 4.57 Å². The van der Waals surface area contributed by atoms with Crippen molar-refractivity contribution in [2.24, 2.45) is 0 Å². The number of rotatable bonds is 58. The first-order valence-corrected chi connectivity index (χ1v) is 32.7. The molecule has 0 heterocycles. The van der Waals surface area contributed by atoms with Gasteiger partial charge in [-0.15, -0.1) is 0 Å². The first-order valence-electron chi connectivity index (χ1n) is 31.2. The highest BCUT2D eigenvalue weighted by Gasteiger charge is 2.28. The molecule has 0 radical (unpaired) electrons. The standard InChI is InChI=1S/C64H115O11P/c1-4-7-10-13-16-19-22-25-28-30-33-36-39-42-45-48-51-54-63(67)74-60(56-65)58-72-76(69,70)73-59-61(57-71-62(66)53-50-47-44-41-38-35-32-27-24-21-18-15-12-9-6-3)75-64(68)55-52-49-46-43-40-37-34-31-29-26-23-20-17-14-11-8-5-2/h9,12,18,21,26-27,29,32,38,41,60-61,65H,4-8,10-11,13-17,19-20,22-25,28,30-31,33-37,39-40,42-59H2,1-3H3,(H,69,70)/b12-9-,21-18-,29-26-,32-27-,41-38-. The van der Waals surface area contributed by atoms with Gasteiger partial charge in [0.05, 0.1) is 19.8 Å². The third kappa shape index (κ3) is 55.9. The lowest BCUT2D eigenvalue weighted by molar-refractivity contribution is -0.161. The molecule has 0 aliphatic rings. The van der Waals surface area contributed by atoms with Crippen LogP contribution in [0.4, 0.5) is 0 Å². The summed E-state index contributed by atoms with van der Waals surface area (Å²) >= 11 is 0. The molecular formula is C64H115O11P. The Morgan fingerprint density at radius 3 is 1.09 bits per heavy atom. The minimum absolute atomic E-state index is 0.154. The molecule has 0 rings (SSSR count). The van der Waals surface area contributed by atoms with E-state index < -0.39 is 57.8 Å². The lowest BCUT2D eigenvalue weighted by Gasteiger charge is -2.21.